The van der Waals surface area contributed by atoms with Crippen molar-refractivity contribution >= 4 is 21.6 Å². The van der Waals surface area contributed by atoms with Crippen molar-refractivity contribution in [3.05, 3.63) is 29.8 Å². The predicted octanol–water partition coefficient (Wildman–Crippen LogP) is 1.12. The molecule has 0 atom stereocenters. The average Bonchev–Trinajstić information content (AvgIpc) is 2.40. The Kier molecular flexibility index (Phi) is 7.04. The second-order valence-electron chi connectivity index (χ2n) is 5.43. The maximum atomic E-state index is 13.1. The quantitative estimate of drug-likeness (QED) is 0.763. The van der Waals surface area contributed by atoms with Crippen molar-refractivity contribution in [3.63, 3.8) is 0 Å². The molecule has 0 bridgehead atoms. The fourth-order valence-electron chi connectivity index (χ4n) is 1.86. The van der Waals surface area contributed by atoms with Gasteiger partial charge in [0.1, 0.15) is 0 Å². The Labute approximate surface area is 135 Å². The third-order valence-electron chi connectivity index (χ3n) is 3.01. The summed E-state index contributed by atoms with van der Waals surface area (Å²) in [5.41, 5.74) is 0.0654. The largest absolute Gasteiger partial charge is 0.325 e. The van der Waals surface area contributed by atoms with Gasteiger partial charge in [0.25, 0.3) is 0 Å². The number of benzene rings is 1. The van der Waals surface area contributed by atoms with Gasteiger partial charge in [-0.2, -0.15) is 4.31 Å². The summed E-state index contributed by atoms with van der Waals surface area (Å²) in [6, 6.07) is 2.92. The highest BCUT2D eigenvalue weighted by molar-refractivity contribution is 7.88. The van der Waals surface area contributed by atoms with Crippen molar-refractivity contribution in [2.24, 2.45) is 0 Å². The number of carbonyl (C=O) groups is 1. The number of hydrogen-bond donors (Lipinski definition) is 1. The van der Waals surface area contributed by atoms with Crippen LogP contribution in [0.3, 0.4) is 0 Å². The van der Waals surface area contributed by atoms with Gasteiger partial charge >= 0.3 is 0 Å². The Morgan fingerprint density at radius 1 is 1.17 bits per heavy atom. The summed E-state index contributed by atoms with van der Waals surface area (Å²) in [5.74, 6) is -2.73. The lowest BCUT2D eigenvalue weighted by atomic mass is 10.3. The molecule has 0 saturated heterocycles. The second kappa shape index (κ2) is 8.32. The van der Waals surface area contributed by atoms with Crippen molar-refractivity contribution < 1.29 is 22.0 Å². The molecule has 0 aliphatic carbocycles. The highest BCUT2D eigenvalue weighted by atomic mass is 32.2. The number of nitrogens with one attached hydrogen (secondary N) is 1. The van der Waals surface area contributed by atoms with E-state index in [4.69, 9.17) is 0 Å². The number of hydrogen-bond acceptors (Lipinski definition) is 4. The molecule has 6 nitrogen and oxygen atoms in total. The standard InChI is InChI=1S/C14H21F2N3O3S/c1-18(2)7-4-8-19(23(3,21)22)10-14(20)17-11-5-6-12(15)13(16)9-11/h5-6,9H,4,7-8,10H2,1-3H3,(H,17,20). The summed E-state index contributed by atoms with van der Waals surface area (Å²) >= 11 is 0. The van der Waals surface area contributed by atoms with Crippen LogP contribution in [-0.2, 0) is 14.8 Å². The highest BCUT2D eigenvalue weighted by Gasteiger charge is 2.20. The molecule has 1 aromatic carbocycles. The molecule has 0 radical (unpaired) electrons. The van der Waals surface area contributed by atoms with Crippen molar-refractivity contribution in [2.75, 3.05) is 45.3 Å². The third-order valence-corrected chi connectivity index (χ3v) is 4.25. The van der Waals surface area contributed by atoms with Crippen molar-refractivity contribution in [2.45, 2.75) is 6.42 Å². The van der Waals surface area contributed by atoms with Gasteiger partial charge in [-0.05, 0) is 39.2 Å². The minimum atomic E-state index is -3.55. The molecule has 0 aliphatic heterocycles. The first-order valence-corrected chi connectivity index (χ1v) is 8.79. The number of rotatable bonds is 8. The predicted molar refractivity (Wildman–Crippen MR) is 84.6 cm³/mol. The van der Waals surface area contributed by atoms with Gasteiger partial charge in [-0.15, -0.1) is 0 Å². The van der Waals surface area contributed by atoms with Crippen molar-refractivity contribution in [1.82, 2.24) is 9.21 Å². The molecule has 0 unspecified atom stereocenters. The highest BCUT2D eigenvalue weighted by Crippen LogP contribution is 2.13. The molecular formula is C14H21F2N3O3S. The fourth-order valence-corrected chi connectivity index (χ4v) is 2.67. The van der Waals surface area contributed by atoms with E-state index in [1.54, 1.807) is 0 Å². The van der Waals surface area contributed by atoms with E-state index < -0.39 is 27.6 Å². The molecule has 0 saturated carbocycles. The van der Waals surface area contributed by atoms with E-state index in [2.05, 4.69) is 5.32 Å². The lowest BCUT2D eigenvalue weighted by molar-refractivity contribution is -0.116. The van der Waals surface area contributed by atoms with Gasteiger partial charge in [-0.1, -0.05) is 0 Å². The zero-order valence-corrected chi connectivity index (χ0v) is 14.2. The summed E-state index contributed by atoms with van der Waals surface area (Å²) in [4.78, 5) is 13.8. The van der Waals surface area contributed by atoms with Gasteiger partial charge in [0.05, 0.1) is 12.8 Å². The zero-order valence-electron chi connectivity index (χ0n) is 13.3. The smallest absolute Gasteiger partial charge is 0.239 e. The van der Waals surface area contributed by atoms with Gasteiger partial charge in [0.2, 0.25) is 15.9 Å². The summed E-state index contributed by atoms with van der Waals surface area (Å²) in [6.07, 6.45) is 1.59. The van der Waals surface area contributed by atoms with Crippen LogP contribution >= 0.6 is 0 Å². The van der Waals surface area contributed by atoms with Crippen LogP contribution < -0.4 is 5.32 Å². The molecule has 1 rings (SSSR count). The summed E-state index contributed by atoms with van der Waals surface area (Å²) < 4.78 is 50.4. The molecule has 9 heteroatoms. The maximum absolute atomic E-state index is 13.1. The summed E-state index contributed by atoms with van der Waals surface area (Å²) in [7, 11) is 0.178. The molecule has 1 amide bonds. The molecular weight excluding hydrogens is 328 g/mol. The van der Waals surface area contributed by atoms with Crippen LogP contribution in [0.2, 0.25) is 0 Å². The fraction of sp³-hybridized carbons (Fsp3) is 0.500. The molecule has 23 heavy (non-hydrogen) atoms. The minimum Gasteiger partial charge on any atom is -0.325 e. The topological polar surface area (TPSA) is 69.7 Å². The Hall–Kier alpha value is -1.58. The van der Waals surface area contributed by atoms with Crippen molar-refractivity contribution in [1.29, 1.82) is 0 Å². The normalized spacial score (nSPS) is 12.0. The van der Waals surface area contributed by atoms with E-state index in [0.717, 1.165) is 22.7 Å². The Bertz CT molecular complexity index is 651. The minimum absolute atomic E-state index is 0.0654. The van der Waals surface area contributed by atoms with Crippen molar-refractivity contribution in [3.8, 4) is 0 Å². The van der Waals surface area contributed by atoms with E-state index in [1.807, 2.05) is 19.0 Å². The molecule has 0 aromatic heterocycles. The summed E-state index contributed by atoms with van der Waals surface area (Å²) in [6.45, 7) is 0.490. The van der Waals surface area contributed by atoms with Crippen LogP contribution in [-0.4, -0.2) is 63.5 Å². The van der Waals surface area contributed by atoms with Gasteiger partial charge in [-0.25, -0.2) is 17.2 Å². The van der Waals surface area contributed by atoms with E-state index in [1.165, 1.54) is 6.07 Å². The molecule has 1 aromatic rings. The van der Waals surface area contributed by atoms with E-state index in [-0.39, 0.29) is 18.8 Å². The van der Waals surface area contributed by atoms with Gasteiger partial charge in [-0.3, -0.25) is 4.79 Å². The van der Waals surface area contributed by atoms with Crippen LogP contribution in [0, 0.1) is 11.6 Å². The lowest BCUT2D eigenvalue weighted by Gasteiger charge is -2.20. The molecule has 130 valence electrons. The first-order chi connectivity index (χ1) is 10.6. The van der Waals surface area contributed by atoms with Gasteiger partial charge in [0.15, 0.2) is 11.6 Å². The van der Waals surface area contributed by atoms with Crippen LogP contribution in [0.15, 0.2) is 18.2 Å². The first-order valence-electron chi connectivity index (χ1n) is 6.94. The van der Waals surface area contributed by atoms with Gasteiger partial charge < -0.3 is 10.2 Å². The summed E-state index contributed by atoms with van der Waals surface area (Å²) in [5, 5.41) is 2.35. The lowest BCUT2D eigenvalue weighted by Crippen LogP contribution is -2.38. The zero-order chi connectivity index (χ0) is 17.6. The Morgan fingerprint density at radius 3 is 2.35 bits per heavy atom. The molecule has 0 spiro atoms. The average molecular weight is 349 g/mol. The number of anilines is 1. The monoisotopic (exact) mass is 349 g/mol. The number of halogens is 2. The number of nitrogens with zero attached hydrogens (tertiary/aromatic N) is 2. The first kappa shape index (κ1) is 19.5. The third kappa shape index (κ3) is 7.02. The molecule has 0 fully saturated rings. The Balaban J connectivity index is 2.67. The maximum Gasteiger partial charge on any atom is 0.239 e. The molecule has 0 aliphatic rings. The van der Waals surface area contributed by atoms with E-state index >= 15 is 0 Å². The number of sulfonamides is 1. The number of amides is 1. The van der Waals surface area contributed by atoms with Crippen LogP contribution in [0.4, 0.5) is 14.5 Å². The van der Waals surface area contributed by atoms with Crippen LogP contribution in [0.5, 0.6) is 0 Å². The molecule has 0 heterocycles. The van der Waals surface area contributed by atoms with E-state index in [9.17, 15) is 22.0 Å². The van der Waals surface area contributed by atoms with E-state index in [0.29, 0.717) is 13.0 Å². The molecule has 1 N–H and O–H groups in total. The Morgan fingerprint density at radius 2 is 1.83 bits per heavy atom. The van der Waals surface area contributed by atoms with Crippen LogP contribution in [0.1, 0.15) is 6.42 Å². The van der Waals surface area contributed by atoms with Crippen LogP contribution in [0.25, 0.3) is 0 Å². The van der Waals surface area contributed by atoms with Gasteiger partial charge in [0, 0.05) is 18.3 Å². The SMILES string of the molecule is CN(C)CCCN(CC(=O)Nc1ccc(F)c(F)c1)S(C)(=O)=O. The number of carbonyl (C=O) groups excluding carboxylic acids is 1. The second-order valence-corrected chi connectivity index (χ2v) is 7.41.